The number of nitro benzene ring substituents is 1. The molecule has 2 rings (SSSR count). The molecular weight excluding hydrogens is 1990 g/mol. The number of carbonyl (C=O) groups excluding carboxylic acids is 16. The van der Waals surface area contributed by atoms with E-state index in [0.29, 0.717) is 58.0 Å². The third-order valence-electron chi connectivity index (χ3n) is 19.0. The summed E-state index contributed by atoms with van der Waals surface area (Å²) in [5.74, 6) is -10.9. The molecule has 0 heterocycles. The number of hydrogen-bond acceptors (Lipinski definition) is 34. The van der Waals surface area contributed by atoms with Crippen LogP contribution < -0.4 is 26.8 Å². The summed E-state index contributed by atoms with van der Waals surface area (Å²) >= 11 is 0. The average molecular weight is 2180 g/mol. The number of alkyl carbamates (subject to hydrolysis) is 1. The molecule has 0 fully saturated rings. The van der Waals surface area contributed by atoms with E-state index >= 15 is 0 Å². The lowest BCUT2D eigenvalue weighted by atomic mass is 9.90. The van der Waals surface area contributed by atoms with Gasteiger partial charge in [0.1, 0.15) is 97.4 Å². The molecule has 0 saturated carbocycles. The summed E-state index contributed by atoms with van der Waals surface area (Å²) < 4.78 is 74.7. The van der Waals surface area contributed by atoms with Crippen molar-refractivity contribution in [2.24, 2.45) is 47.0 Å². The molecule has 2 aromatic rings. The Bertz CT molecular complexity index is 4440. The average Bonchev–Trinajstić information content (AvgIpc) is 0.880. The molecule has 0 aliphatic heterocycles. The SMILES string of the molecule is CC(C)(C)OC(=O)CC[C@H](CC(=O)C[C@@H](CCCCN)C(=O)OC(C)(C)C)C(=O)OC(C)(C)C.CC(C)(C)OC(=O)CC[C@H](CC(=O)C[C@@H](CCCCNC(=O)OCc1ccccc1)C(=O)OC(C)(C)C)C(=O)OC(C)(C)C.CC(C)(C)OC(=O)CC[C@H](CC(=O)C[C@@H](CCCCNC(=O)Oc1ccc([N+](=O)[O-])cc1)C(=O)OC(C)(C)C)C(=O)OC(C)(C)C.CC(C)(C)OC(=O)CC[C@H](N)C(=O)OC(C)(C)C.COC(C)(C)C.Cl.Cl. The van der Waals surface area contributed by atoms with E-state index in [9.17, 15) is 86.8 Å². The third kappa shape index (κ3) is 87.6. The molecule has 0 unspecified atom stereocenters. The first-order valence-electron chi connectivity index (χ1n) is 51.3. The minimum Gasteiger partial charge on any atom is -0.460 e. The second-order valence-electron chi connectivity index (χ2n) is 48.5. The molecule has 0 aliphatic carbocycles. The number of nitrogens with two attached hydrogens (primary N) is 2. The fourth-order valence-electron chi connectivity index (χ4n) is 12.7. The number of methoxy groups -OCH3 is 1. The number of nitro groups is 1. The van der Waals surface area contributed by atoms with Gasteiger partial charge in [0.2, 0.25) is 0 Å². The molecule has 39 heteroatoms. The number of amides is 2. The molecule has 6 N–H and O–H groups in total. The highest BCUT2D eigenvalue weighted by Crippen LogP contribution is 2.32. The number of ether oxygens (including phenoxy) is 14. The van der Waals surface area contributed by atoms with Crippen molar-refractivity contribution in [3.63, 3.8) is 0 Å². The van der Waals surface area contributed by atoms with Crippen molar-refractivity contribution in [2.75, 3.05) is 26.7 Å². The summed E-state index contributed by atoms with van der Waals surface area (Å²) in [6.45, 7) is 65.0. The van der Waals surface area contributed by atoms with E-state index in [4.69, 9.17) is 77.8 Å². The van der Waals surface area contributed by atoms with Crippen molar-refractivity contribution in [1.29, 1.82) is 0 Å². The largest absolute Gasteiger partial charge is 0.460 e. The number of rotatable bonds is 49. The van der Waals surface area contributed by atoms with Crippen LogP contribution in [-0.2, 0) is 135 Å². The predicted molar refractivity (Wildman–Crippen MR) is 576 cm³/mol. The number of nitrogens with one attached hydrogen (secondary N) is 2. The van der Waals surface area contributed by atoms with Crippen molar-refractivity contribution in [1.82, 2.24) is 10.6 Å². The molecule has 0 radical (unpaired) electrons. The molecular formula is C111H189Cl2N5O32. The van der Waals surface area contributed by atoms with Crippen LogP contribution >= 0.6 is 24.8 Å². The number of esters is 11. The Labute approximate surface area is 906 Å². The smallest absolute Gasteiger partial charge is 0.412 e. The Morgan fingerprint density at radius 1 is 0.307 bits per heavy atom. The van der Waals surface area contributed by atoms with Gasteiger partial charge in [0.15, 0.2) is 0 Å². The van der Waals surface area contributed by atoms with E-state index in [1.165, 1.54) is 24.3 Å². The number of unbranched alkanes of at least 4 members (excludes halogenated alkanes) is 3. The fourth-order valence-corrected chi connectivity index (χ4v) is 12.7. The van der Waals surface area contributed by atoms with Gasteiger partial charge < -0.3 is 88.4 Å². The van der Waals surface area contributed by atoms with Gasteiger partial charge in [-0.1, -0.05) is 49.6 Å². The lowest BCUT2D eigenvalue weighted by Gasteiger charge is -2.25. The number of non-ortho nitro benzene ring substituents is 1. The van der Waals surface area contributed by atoms with Gasteiger partial charge in [-0.25, -0.2) is 9.59 Å². The van der Waals surface area contributed by atoms with Gasteiger partial charge in [-0.15, -0.1) is 24.8 Å². The topological polar surface area (TPSA) is 522 Å². The zero-order chi connectivity index (χ0) is 115. The second kappa shape index (κ2) is 69.6. The number of Topliss-reactive ketones (excluding diaryl/α,β-unsaturated/α-hetero) is 3. The Morgan fingerprint density at radius 3 is 0.780 bits per heavy atom. The van der Waals surface area contributed by atoms with Crippen LogP contribution in [0.15, 0.2) is 54.6 Å². The van der Waals surface area contributed by atoms with Gasteiger partial charge in [-0.05, 0) is 338 Å². The first-order chi connectivity index (χ1) is 67.1. The standard InChI is InChI=1S/C34H53NO9.C33H50N2O11.C26H47NO7.C13H25NO4.C5H12O.2ClH/c1-32(2,3)42-28(37)19-18-26(30(39)44-34(7,8)9)22-27(36)21-25(29(38)43-33(4,5)6)17-13-14-20-35-31(40)41-23-24-15-11-10-12-16-24;1-31(2,3)44-27(37)18-13-23(29(39)46-33(7,8)9)21-25(36)20-22(28(38)45-32(4,5)6)12-10-11-19-34-30(40)43-26-16-14-24(15-17-26)35(41)42;1-24(2,3)32-21(29)14-13-19(23(31)34-26(7,8)9)17-20(28)16-18(12-10-11-15-27)22(30)33-25(4,5)6;1-12(2,3)17-10(15)8-7-9(14)11(16)18-13(4,5)6;1-5(2,3)6-4;;/h10-12,15-16,25-26H,13-14,17-23H2,1-9H3,(H,35,40);14-17,22-23H,10-13,18-21H2,1-9H3,(H,34,40);18-19H,10-17,27H2,1-9H3;9H,7-8,14H2,1-6H3;1-4H3;2*1H/t25-,26-;22-,23-;18-,19-;9-;;;/m1110.../s1. The van der Waals surface area contributed by atoms with E-state index in [1.807, 2.05) is 51.1 Å². The van der Waals surface area contributed by atoms with E-state index < -0.39 is 180 Å². The van der Waals surface area contributed by atoms with Gasteiger partial charge in [0, 0.05) is 96.5 Å². The molecule has 0 bridgehead atoms. The first-order valence-corrected chi connectivity index (χ1v) is 51.3. The van der Waals surface area contributed by atoms with Crippen LogP contribution in [0.25, 0.3) is 0 Å². The van der Waals surface area contributed by atoms with Crippen molar-refractivity contribution in [3.05, 3.63) is 70.3 Å². The summed E-state index contributed by atoms with van der Waals surface area (Å²) in [6, 6.07) is 13.6. The summed E-state index contributed by atoms with van der Waals surface area (Å²) in [7, 11) is 1.71. The summed E-state index contributed by atoms with van der Waals surface area (Å²) in [5, 5.41) is 16.0. The van der Waals surface area contributed by atoms with Gasteiger partial charge in [0.25, 0.3) is 5.69 Å². The molecule has 2 amide bonds. The number of benzene rings is 2. The van der Waals surface area contributed by atoms with Crippen molar-refractivity contribution < 1.29 is 148 Å². The Morgan fingerprint density at radius 2 is 0.540 bits per heavy atom. The van der Waals surface area contributed by atoms with Gasteiger partial charge in [-0.3, -0.25) is 77.2 Å². The van der Waals surface area contributed by atoms with Gasteiger partial charge in [-0.2, -0.15) is 0 Å². The number of hydrogen-bond donors (Lipinski definition) is 4. The van der Waals surface area contributed by atoms with Crippen LogP contribution in [0.2, 0.25) is 0 Å². The second-order valence-corrected chi connectivity index (χ2v) is 48.5. The van der Waals surface area contributed by atoms with E-state index in [-0.39, 0.29) is 175 Å². The fraction of sp³-hybridized carbons (Fsp3) is 0.748. The summed E-state index contributed by atoms with van der Waals surface area (Å²) in [6.07, 6.45) is 2.92. The van der Waals surface area contributed by atoms with Crippen LogP contribution in [0.4, 0.5) is 15.3 Å². The van der Waals surface area contributed by atoms with Crippen molar-refractivity contribution in [3.8, 4) is 5.75 Å². The van der Waals surface area contributed by atoms with Crippen LogP contribution in [0.3, 0.4) is 0 Å². The molecule has 0 spiro atoms. The van der Waals surface area contributed by atoms with Gasteiger partial charge >= 0.3 is 77.8 Å². The molecule has 7 atom stereocenters. The number of ketones is 3. The van der Waals surface area contributed by atoms with E-state index in [0.717, 1.165) is 12.0 Å². The molecule has 0 aromatic heterocycles. The summed E-state index contributed by atoms with van der Waals surface area (Å²) in [4.78, 5) is 211. The van der Waals surface area contributed by atoms with E-state index in [1.54, 1.807) is 236 Å². The van der Waals surface area contributed by atoms with Crippen LogP contribution in [-0.4, -0.2) is 200 Å². The Balaban J connectivity index is -0.000000631. The normalized spacial score (nSPS) is 13.3. The monoisotopic (exact) mass is 2170 g/mol. The maximum Gasteiger partial charge on any atom is 0.412 e. The molecule has 150 heavy (non-hydrogen) atoms. The number of halogens is 2. The highest BCUT2D eigenvalue weighted by Gasteiger charge is 2.38. The van der Waals surface area contributed by atoms with Gasteiger partial charge in [0.05, 0.1) is 46.0 Å². The van der Waals surface area contributed by atoms with Crippen molar-refractivity contribution in [2.45, 2.75) is 477 Å². The zero-order valence-corrected chi connectivity index (χ0v) is 98.9. The molecule has 0 aliphatic rings. The molecule has 864 valence electrons. The Hall–Kier alpha value is -9.98. The molecule has 2 aromatic carbocycles. The molecule has 37 nitrogen and oxygen atoms in total. The highest BCUT2D eigenvalue weighted by molar-refractivity contribution is 5.91. The minimum atomic E-state index is -0.899. The number of carbonyl (C=O) groups is 16. The first kappa shape index (κ1) is 148. The van der Waals surface area contributed by atoms with Crippen LogP contribution in [0.5, 0.6) is 5.75 Å². The number of nitrogens with zero attached hydrogens (tertiary/aromatic N) is 1. The third-order valence-corrected chi connectivity index (χ3v) is 19.0. The van der Waals surface area contributed by atoms with Crippen LogP contribution in [0, 0.1) is 45.6 Å². The van der Waals surface area contributed by atoms with Crippen molar-refractivity contribution >= 4 is 126 Å². The quantitative estimate of drug-likeness (QED) is 0.0157. The molecule has 0 saturated heterocycles. The highest BCUT2D eigenvalue weighted by atomic mass is 35.5. The minimum absolute atomic E-state index is 0. The van der Waals surface area contributed by atoms with E-state index in [2.05, 4.69) is 10.6 Å². The summed E-state index contributed by atoms with van der Waals surface area (Å²) in [5.41, 5.74) is 4.42. The lowest BCUT2D eigenvalue weighted by molar-refractivity contribution is -0.384. The zero-order valence-electron chi connectivity index (χ0n) is 97.3. The maximum absolute atomic E-state index is 13.2. The predicted octanol–water partition coefficient (Wildman–Crippen LogP) is 21.3. The maximum atomic E-state index is 13.2. The van der Waals surface area contributed by atoms with Crippen LogP contribution in [0.1, 0.15) is 402 Å². The lowest BCUT2D eigenvalue weighted by Crippen LogP contribution is -2.38. The Kier molecular flexibility index (Phi) is 68.9.